The van der Waals surface area contributed by atoms with Gasteiger partial charge in [-0.1, -0.05) is 23.4 Å². The van der Waals surface area contributed by atoms with Gasteiger partial charge >= 0.3 is 0 Å². The lowest BCUT2D eigenvalue weighted by Gasteiger charge is -2.15. The summed E-state index contributed by atoms with van der Waals surface area (Å²) < 4.78 is 16.0. The number of benzene rings is 2. The standard InChI is InChI=1S/C20H21N3O4/c1-13-6-4-5-7-17(13)26-14(2)20(24)21-12-18-22-19(23-27-18)15-8-10-16(25-3)11-9-15/h4-11,14H,12H2,1-3H3,(H,21,24). The zero-order valence-corrected chi connectivity index (χ0v) is 15.4. The molecule has 1 amide bonds. The molecule has 0 bridgehead atoms. The maximum Gasteiger partial charge on any atom is 0.261 e. The summed E-state index contributed by atoms with van der Waals surface area (Å²) in [7, 11) is 1.61. The second kappa shape index (κ2) is 8.35. The van der Waals surface area contributed by atoms with Gasteiger partial charge in [-0.25, -0.2) is 0 Å². The Labute approximate surface area is 157 Å². The number of nitrogens with one attached hydrogen (secondary N) is 1. The number of carbonyl (C=O) groups excluding carboxylic acids is 1. The van der Waals surface area contributed by atoms with E-state index in [1.807, 2.05) is 55.5 Å². The fourth-order valence-electron chi connectivity index (χ4n) is 2.42. The third-order valence-electron chi connectivity index (χ3n) is 4.00. The average Bonchev–Trinajstić information content (AvgIpc) is 3.17. The molecule has 1 N–H and O–H groups in total. The zero-order valence-electron chi connectivity index (χ0n) is 15.4. The van der Waals surface area contributed by atoms with Gasteiger partial charge in [0.25, 0.3) is 5.91 Å². The molecular weight excluding hydrogens is 346 g/mol. The largest absolute Gasteiger partial charge is 0.497 e. The molecular formula is C20H21N3O4. The molecule has 0 fully saturated rings. The third kappa shape index (κ3) is 4.63. The number of aromatic nitrogens is 2. The van der Waals surface area contributed by atoms with Crippen LogP contribution in [0.25, 0.3) is 11.4 Å². The maximum atomic E-state index is 12.2. The van der Waals surface area contributed by atoms with Gasteiger partial charge in [0, 0.05) is 5.56 Å². The minimum atomic E-state index is -0.643. The molecule has 3 aromatic rings. The molecule has 1 unspecified atom stereocenters. The Morgan fingerprint density at radius 3 is 2.63 bits per heavy atom. The number of carbonyl (C=O) groups is 1. The predicted octanol–water partition coefficient (Wildman–Crippen LogP) is 3.14. The van der Waals surface area contributed by atoms with Crippen molar-refractivity contribution in [2.75, 3.05) is 7.11 Å². The van der Waals surface area contributed by atoms with Gasteiger partial charge < -0.3 is 19.3 Å². The molecule has 0 radical (unpaired) electrons. The molecule has 0 saturated carbocycles. The smallest absolute Gasteiger partial charge is 0.261 e. The normalized spacial score (nSPS) is 11.7. The highest BCUT2D eigenvalue weighted by atomic mass is 16.5. The van der Waals surface area contributed by atoms with E-state index in [1.165, 1.54) is 0 Å². The van der Waals surface area contributed by atoms with E-state index in [9.17, 15) is 4.79 Å². The van der Waals surface area contributed by atoms with E-state index in [0.29, 0.717) is 17.5 Å². The zero-order chi connectivity index (χ0) is 19.2. The number of amides is 1. The van der Waals surface area contributed by atoms with Crippen LogP contribution in [0.5, 0.6) is 11.5 Å². The molecule has 0 saturated heterocycles. The number of nitrogens with zero attached hydrogens (tertiary/aromatic N) is 2. The van der Waals surface area contributed by atoms with Gasteiger partial charge in [-0.05, 0) is 49.7 Å². The Hall–Kier alpha value is -3.35. The number of hydrogen-bond donors (Lipinski definition) is 1. The van der Waals surface area contributed by atoms with Crippen LogP contribution >= 0.6 is 0 Å². The van der Waals surface area contributed by atoms with Crippen LogP contribution < -0.4 is 14.8 Å². The minimum absolute atomic E-state index is 0.128. The van der Waals surface area contributed by atoms with Crippen molar-refractivity contribution < 1.29 is 18.8 Å². The Morgan fingerprint density at radius 2 is 1.93 bits per heavy atom. The van der Waals surface area contributed by atoms with Gasteiger partial charge in [0.2, 0.25) is 11.7 Å². The quantitative estimate of drug-likeness (QED) is 0.690. The Kier molecular flexibility index (Phi) is 5.71. The topological polar surface area (TPSA) is 86.5 Å². The Balaban J connectivity index is 1.56. The van der Waals surface area contributed by atoms with Crippen molar-refractivity contribution in [2.45, 2.75) is 26.5 Å². The molecule has 1 aromatic heterocycles. The molecule has 0 aliphatic heterocycles. The summed E-state index contributed by atoms with van der Waals surface area (Å²) in [6, 6.07) is 14.9. The van der Waals surface area contributed by atoms with Gasteiger partial charge in [0.05, 0.1) is 13.7 Å². The van der Waals surface area contributed by atoms with Crippen molar-refractivity contribution in [1.82, 2.24) is 15.5 Å². The monoisotopic (exact) mass is 367 g/mol. The molecule has 0 aliphatic rings. The molecule has 7 heteroatoms. The van der Waals surface area contributed by atoms with E-state index in [-0.39, 0.29) is 12.5 Å². The van der Waals surface area contributed by atoms with Crippen LogP contribution in [0, 0.1) is 6.92 Å². The molecule has 0 spiro atoms. The lowest BCUT2D eigenvalue weighted by Crippen LogP contribution is -2.36. The van der Waals surface area contributed by atoms with E-state index in [1.54, 1.807) is 14.0 Å². The first kappa shape index (κ1) is 18.4. The summed E-state index contributed by atoms with van der Waals surface area (Å²) in [5, 5.41) is 6.68. The van der Waals surface area contributed by atoms with Crippen LogP contribution in [-0.2, 0) is 11.3 Å². The first-order chi connectivity index (χ1) is 13.1. The van der Waals surface area contributed by atoms with Crippen LogP contribution in [0.4, 0.5) is 0 Å². The van der Waals surface area contributed by atoms with Crippen molar-refractivity contribution in [1.29, 1.82) is 0 Å². The van der Waals surface area contributed by atoms with Crippen molar-refractivity contribution in [2.24, 2.45) is 0 Å². The van der Waals surface area contributed by atoms with Crippen molar-refractivity contribution in [3.8, 4) is 22.9 Å². The summed E-state index contributed by atoms with van der Waals surface area (Å²) >= 11 is 0. The molecule has 0 aliphatic carbocycles. The number of hydrogen-bond acceptors (Lipinski definition) is 6. The van der Waals surface area contributed by atoms with Crippen molar-refractivity contribution in [3.63, 3.8) is 0 Å². The van der Waals surface area contributed by atoms with Gasteiger partial charge in [-0.3, -0.25) is 4.79 Å². The second-order valence-electron chi connectivity index (χ2n) is 5.98. The van der Waals surface area contributed by atoms with E-state index in [4.69, 9.17) is 14.0 Å². The molecule has 140 valence electrons. The van der Waals surface area contributed by atoms with Crippen LogP contribution in [0.2, 0.25) is 0 Å². The van der Waals surface area contributed by atoms with E-state index >= 15 is 0 Å². The summed E-state index contributed by atoms with van der Waals surface area (Å²) in [5.41, 5.74) is 1.77. The fraction of sp³-hybridized carbons (Fsp3) is 0.250. The van der Waals surface area contributed by atoms with Crippen molar-refractivity contribution in [3.05, 3.63) is 60.0 Å². The van der Waals surface area contributed by atoms with Crippen LogP contribution in [-0.4, -0.2) is 29.3 Å². The number of para-hydroxylation sites is 1. The SMILES string of the molecule is COc1ccc(-c2noc(CNC(=O)C(C)Oc3ccccc3C)n2)cc1. The number of aryl methyl sites for hydroxylation is 1. The number of ether oxygens (including phenoxy) is 2. The molecule has 3 rings (SSSR count). The first-order valence-electron chi connectivity index (χ1n) is 8.54. The van der Waals surface area contributed by atoms with Crippen molar-refractivity contribution >= 4 is 5.91 Å². The summed E-state index contributed by atoms with van der Waals surface area (Å²) in [6.45, 7) is 3.75. The summed E-state index contributed by atoms with van der Waals surface area (Å²) in [6.07, 6.45) is -0.643. The molecule has 1 atom stereocenters. The second-order valence-corrected chi connectivity index (χ2v) is 5.98. The number of rotatable bonds is 7. The van der Waals surface area contributed by atoms with Gasteiger partial charge in [-0.2, -0.15) is 4.98 Å². The lowest BCUT2D eigenvalue weighted by molar-refractivity contribution is -0.127. The van der Waals surface area contributed by atoms with Crippen LogP contribution in [0.1, 0.15) is 18.4 Å². The average molecular weight is 367 g/mol. The summed E-state index contributed by atoms with van der Waals surface area (Å²) in [4.78, 5) is 16.5. The summed E-state index contributed by atoms with van der Waals surface area (Å²) in [5.74, 6) is 1.93. The molecule has 1 heterocycles. The van der Waals surface area contributed by atoms with E-state index in [0.717, 1.165) is 16.9 Å². The van der Waals surface area contributed by atoms with E-state index in [2.05, 4.69) is 15.5 Å². The van der Waals surface area contributed by atoms with Crippen LogP contribution in [0.3, 0.4) is 0 Å². The molecule has 27 heavy (non-hydrogen) atoms. The first-order valence-corrected chi connectivity index (χ1v) is 8.54. The fourth-order valence-corrected chi connectivity index (χ4v) is 2.42. The lowest BCUT2D eigenvalue weighted by atomic mass is 10.2. The Bertz CT molecular complexity index is 906. The highest BCUT2D eigenvalue weighted by molar-refractivity contribution is 5.80. The van der Waals surface area contributed by atoms with Gasteiger partial charge in [0.1, 0.15) is 11.5 Å². The van der Waals surface area contributed by atoms with Crippen LogP contribution in [0.15, 0.2) is 53.1 Å². The highest BCUT2D eigenvalue weighted by Crippen LogP contribution is 2.20. The minimum Gasteiger partial charge on any atom is -0.497 e. The third-order valence-corrected chi connectivity index (χ3v) is 4.00. The van der Waals surface area contributed by atoms with Gasteiger partial charge in [0.15, 0.2) is 6.10 Å². The molecule has 7 nitrogen and oxygen atoms in total. The molecule has 2 aromatic carbocycles. The van der Waals surface area contributed by atoms with Gasteiger partial charge in [-0.15, -0.1) is 0 Å². The number of methoxy groups -OCH3 is 1. The maximum absolute atomic E-state index is 12.2. The predicted molar refractivity (Wildman–Crippen MR) is 99.4 cm³/mol. The highest BCUT2D eigenvalue weighted by Gasteiger charge is 2.17. The Morgan fingerprint density at radius 1 is 1.19 bits per heavy atom. The van der Waals surface area contributed by atoms with E-state index < -0.39 is 6.10 Å².